The SMILES string of the molecule is O=C(O)[C@@H](c1ccc(OCc2ccc3ccccc3n2)cc1)C1CCCC1. The summed E-state index contributed by atoms with van der Waals surface area (Å²) in [7, 11) is 0. The van der Waals surface area contributed by atoms with Gasteiger partial charge in [0.2, 0.25) is 0 Å². The molecular weight excluding hydrogens is 338 g/mol. The number of pyridine rings is 1. The third kappa shape index (κ3) is 3.95. The Hall–Kier alpha value is -2.88. The fourth-order valence-electron chi connectivity index (χ4n) is 4.02. The second kappa shape index (κ2) is 7.78. The molecule has 2 aromatic carbocycles. The Balaban J connectivity index is 1.44. The molecule has 4 rings (SSSR count). The maximum absolute atomic E-state index is 11.8. The van der Waals surface area contributed by atoms with Crippen LogP contribution < -0.4 is 4.74 Å². The molecule has 1 saturated carbocycles. The molecule has 1 aliphatic rings. The molecule has 4 nitrogen and oxygen atoms in total. The quantitative estimate of drug-likeness (QED) is 0.658. The van der Waals surface area contributed by atoms with Crippen LogP contribution in [0, 0.1) is 5.92 Å². The van der Waals surface area contributed by atoms with Crippen molar-refractivity contribution in [3.05, 3.63) is 71.9 Å². The van der Waals surface area contributed by atoms with E-state index in [9.17, 15) is 9.90 Å². The van der Waals surface area contributed by atoms with Crippen LogP contribution in [0.2, 0.25) is 0 Å². The number of carboxylic acid groups (broad SMARTS) is 1. The predicted octanol–water partition coefficient (Wildman–Crippen LogP) is 5.17. The van der Waals surface area contributed by atoms with Gasteiger partial charge in [0.1, 0.15) is 12.4 Å². The normalized spacial score (nSPS) is 15.7. The van der Waals surface area contributed by atoms with Gasteiger partial charge in [0, 0.05) is 5.39 Å². The van der Waals surface area contributed by atoms with Gasteiger partial charge >= 0.3 is 5.97 Å². The van der Waals surface area contributed by atoms with Crippen LogP contribution in [0.1, 0.15) is 42.9 Å². The van der Waals surface area contributed by atoms with Gasteiger partial charge < -0.3 is 9.84 Å². The molecule has 0 bridgehead atoms. The van der Waals surface area contributed by atoms with E-state index >= 15 is 0 Å². The number of benzene rings is 2. The number of para-hydroxylation sites is 1. The molecule has 0 unspecified atom stereocenters. The molecule has 0 amide bonds. The first-order valence-corrected chi connectivity index (χ1v) is 9.51. The number of nitrogens with zero attached hydrogens (tertiary/aromatic N) is 1. The van der Waals surface area contributed by atoms with E-state index in [0.29, 0.717) is 6.61 Å². The van der Waals surface area contributed by atoms with Crippen LogP contribution in [0.5, 0.6) is 5.75 Å². The first-order chi connectivity index (χ1) is 13.2. The van der Waals surface area contributed by atoms with E-state index in [1.165, 1.54) is 0 Å². The van der Waals surface area contributed by atoms with E-state index in [-0.39, 0.29) is 5.92 Å². The van der Waals surface area contributed by atoms with Gasteiger partial charge in [-0.05, 0) is 48.6 Å². The average Bonchev–Trinajstić information content (AvgIpc) is 3.21. The molecule has 0 aliphatic heterocycles. The lowest BCUT2D eigenvalue weighted by atomic mass is 9.85. The van der Waals surface area contributed by atoms with Gasteiger partial charge in [-0.25, -0.2) is 4.98 Å². The largest absolute Gasteiger partial charge is 0.487 e. The second-order valence-corrected chi connectivity index (χ2v) is 7.21. The smallest absolute Gasteiger partial charge is 0.311 e. The van der Waals surface area contributed by atoms with E-state index in [4.69, 9.17) is 4.74 Å². The van der Waals surface area contributed by atoms with Crippen molar-refractivity contribution < 1.29 is 14.6 Å². The third-order valence-corrected chi connectivity index (χ3v) is 5.42. The van der Waals surface area contributed by atoms with Crippen molar-refractivity contribution >= 4 is 16.9 Å². The lowest BCUT2D eigenvalue weighted by Gasteiger charge is -2.19. The molecule has 1 aliphatic carbocycles. The van der Waals surface area contributed by atoms with Gasteiger partial charge in [0.15, 0.2) is 0 Å². The molecule has 1 atom stereocenters. The van der Waals surface area contributed by atoms with E-state index in [0.717, 1.165) is 53.6 Å². The number of carboxylic acids is 1. The zero-order valence-electron chi connectivity index (χ0n) is 15.2. The van der Waals surface area contributed by atoms with Crippen molar-refractivity contribution in [2.24, 2.45) is 5.92 Å². The van der Waals surface area contributed by atoms with Crippen LogP contribution in [0.4, 0.5) is 0 Å². The molecule has 138 valence electrons. The predicted molar refractivity (Wildman–Crippen MR) is 105 cm³/mol. The lowest BCUT2D eigenvalue weighted by molar-refractivity contribution is -0.140. The Morgan fingerprint density at radius 1 is 1.04 bits per heavy atom. The first-order valence-electron chi connectivity index (χ1n) is 9.51. The molecule has 27 heavy (non-hydrogen) atoms. The first kappa shape index (κ1) is 17.5. The summed E-state index contributed by atoms with van der Waals surface area (Å²) in [6.07, 6.45) is 4.27. The Labute approximate surface area is 158 Å². The Morgan fingerprint density at radius 2 is 1.78 bits per heavy atom. The lowest BCUT2D eigenvalue weighted by Crippen LogP contribution is -2.19. The average molecular weight is 361 g/mol. The van der Waals surface area contributed by atoms with Gasteiger partial charge in [-0.15, -0.1) is 0 Å². The van der Waals surface area contributed by atoms with Gasteiger partial charge in [-0.1, -0.05) is 49.2 Å². The minimum absolute atomic E-state index is 0.246. The minimum atomic E-state index is -0.726. The molecule has 4 heteroatoms. The van der Waals surface area contributed by atoms with E-state index in [1.807, 2.05) is 60.7 Å². The van der Waals surface area contributed by atoms with E-state index in [1.54, 1.807) is 0 Å². The standard InChI is InChI=1S/C23H23NO3/c25-23(26)22(17-6-1-2-7-17)18-10-13-20(14-11-18)27-15-19-12-9-16-5-3-4-8-21(16)24-19/h3-5,8-14,17,22H,1-2,6-7,15H2,(H,25,26)/t22-/m1/s1. The van der Waals surface area contributed by atoms with Gasteiger partial charge in [-0.2, -0.15) is 0 Å². The number of carbonyl (C=O) groups is 1. The molecule has 1 heterocycles. The van der Waals surface area contributed by atoms with Crippen LogP contribution in [-0.4, -0.2) is 16.1 Å². The van der Waals surface area contributed by atoms with Gasteiger partial charge in [-0.3, -0.25) is 4.79 Å². The number of ether oxygens (including phenoxy) is 1. The highest BCUT2D eigenvalue weighted by molar-refractivity contribution is 5.78. The molecule has 1 fully saturated rings. The molecule has 1 N–H and O–H groups in total. The van der Waals surface area contributed by atoms with E-state index in [2.05, 4.69) is 4.98 Å². The number of hydrogen-bond donors (Lipinski definition) is 1. The molecule has 0 spiro atoms. The maximum Gasteiger partial charge on any atom is 0.311 e. The number of rotatable bonds is 6. The van der Waals surface area contributed by atoms with Crippen molar-refractivity contribution in [3.8, 4) is 5.75 Å². The zero-order chi connectivity index (χ0) is 18.6. The summed E-state index contributed by atoms with van der Waals surface area (Å²) in [5.41, 5.74) is 2.69. The fourth-order valence-corrected chi connectivity index (χ4v) is 4.02. The minimum Gasteiger partial charge on any atom is -0.487 e. The monoisotopic (exact) mass is 361 g/mol. The van der Waals surface area contributed by atoms with Crippen molar-refractivity contribution in [2.75, 3.05) is 0 Å². The van der Waals surface area contributed by atoms with Gasteiger partial charge in [0.05, 0.1) is 17.1 Å². The molecular formula is C23H23NO3. The second-order valence-electron chi connectivity index (χ2n) is 7.21. The summed E-state index contributed by atoms with van der Waals surface area (Å²) in [4.78, 5) is 16.4. The summed E-state index contributed by atoms with van der Waals surface area (Å²) in [6.45, 7) is 0.384. The summed E-state index contributed by atoms with van der Waals surface area (Å²) >= 11 is 0. The molecule has 1 aromatic heterocycles. The van der Waals surface area contributed by atoms with Crippen molar-refractivity contribution in [1.29, 1.82) is 0 Å². The zero-order valence-corrected chi connectivity index (χ0v) is 15.2. The van der Waals surface area contributed by atoms with Gasteiger partial charge in [0.25, 0.3) is 0 Å². The van der Waals surface area contributed by atoms with Crippen LogP contribution in [0.15, 0.2) is 60.7 Å². The summed E-state index contributed by atoms with van der Waals surface area (Å²) < 4.78 is 5.85. The maximum atomic E-state index is 11.8. The highest BCUT2D eigenvalue weighted by Crippen LogP contribution is 2.38. The highest BCUT2D eigenvalue weighted by Gasteiger charge is 2.31. The Morgan fingerprint density at radius 3 is 2.52 bits per heavy atom. The van der Waals surface area contributed by atoms with Crippen LogP contribution in [-0.2, 0) is 11.4 Å². The Bertz CT molecular complexity index is 930. The summed E-state index contributed by atoms with van der Waals surface area (Å²) in [5.74, 6) is -0.167. The molecule has 0 radical (unpaired) electrons. The fraction of sp³-hybridized carbons (Fsp3) is 0.304. The summed E-state index contributed by atoms with van der Waals surface area (Å²) in [6, 6.07) is 19.5. The van der Waals surface area contributed by atoms with Crippen LogP contribution in [0.25, 0.3) is 10.9 Å². The number of aromatic nitrogens is 1. The van der Waals surface area contributed by atoms with Crippen molar-refractivity contribution in [3.63, 3.8) is 0 Å². The van der Waals surface area contributed by atoms with Crippen molar-refractivity contribution in [2.45, 2.75) is 38.2 Å². The number of aliphatic carboxylic acids is 1. The van der Waals surface area contributed by atoms with Crippen molar-refractivity contribution in [1.82, 2.24) is 4.98 Å². The van der Waals surface area contributed by atoms with Crippen LogP contribution >= 0.6 is 0 Å². The topological polar surface area (TPSA) is 59.4 Å². The number of fused-ring (bicyclic) bond motifs is 1. The molecule has 3 aromatic rings. The molecule has 0 saturated heterocycles. The Kier molecular flexibility index (Phi) is 5.05. The summed E-state index contributed by atoms with van der Waals surface area (Å²) in [5, 5.41) is 10.8. The third-order valence-electron chi connectivity index (χ3n) is 5.42. The highest BCUT2D eigenvalue weighted by atomic mass is 16.5. The van der Waals surface area contributed by atoms with Crippen LogP contribution in [0.3, 0.4) is 0 Å². The number of hydrogen-bond acceptors (Lipinski definition) is 3. The van der Waals surface area contributed by atoms with E-state index < -0.39 is 11.9 Å².